The molecular weight excluding hydrogens is 292 g/mol. The van der Waals surface area contributed by atoms with E-state index in [2.05, 4.69) is 83.8 Å². The van der Waals surface area contributed by atoms with Crippen molar-refractivity contribution in [2.75, 3.05) is 0 Å². The maximum Gasteiger partial charge on any atom is 0.215 e. The number of rotatable bonds is 2. The maximum absolute atomic E-state index is 2.54. The molecule has 118 valence electrons. The Bertz CT molecular complexity index is 1090. The van der Waals surface area contributed by atoms with Crippen LogP contribution in [0, 0.1) is 5.92 Å². The van der Waals surface area contributed by atoms with Gasteiger partial charge in [-0.15, -0.1) is 0 Å². The third-order valence-electron chi connectivity index (χ3n) is 5.10. The normalized spacial score (nSPS) is 13.0. The van der Waals surface area contributed by atoms with Gasteiger partial charge in [0.15, 0.2) is 12.7 Å². The number of aromatic nitrogens is 2. The first-order chi connectivity index (χ1) is 11.7. The van der Waals surface area contributed by atoms with Crippen LogP contribution in [0.2, 0.25) is 0 Å². The zero-order chi connectivity index (χ0) is 16.3. The first-order valence-corrected chi connectivity index (χ1v) is 8.75. The van der Waals surface area contributed by atoms with Gasteiger partial charge in [-0.3, -0.25) is 0 Å². The summed E-state index contributed by atoms with van der Waals surface area (Å²) in [6.45, 7) is 6.62. The van der Waals surface area contributed by atoms with Crippen LogP contribution >= 0.6 is 0 Å². The first kappa shape index (κ1) is 13.8. The first-order valence-electron chi connectivity index (χ1n) is 8.75. The Morgan fingerprint density at radius 3 is 2.67 bits per heavy atom. The molecule has 0 amide bonds. The molecule has 4 aromatic rings. The standard InChI is InChI=1S/C22H21N2/c1-15(2)13-24-19-8-4-3-7-17(19)18-11-10-16-14-23-12-6-5-9-20(23)21(16)22(18)24/h3-12,15H,13-14H2,1-2H3/q+1. The van der Waals surface area contributed by atoms with Crippen molar-refractivity contribution < 1.29 is 4.57 Å². The summed E-state index contributed by atoms with van der Waals surface area (Å²) in [6, 6.07) is 20.0. The molecule has 1 aliphatic heterocycles. The molecule has 3 heterocycles. The summed E-state index contributed by atoms with van der Waals surface area (Å²) in [5.41, 5.74) is 6.95. The molecule has 0 saturated carbocycles. The SMILES string of the molecule is CC(C)Cn1c2ccccc2c2ccc3c(c21)-c1cccc[n+]1C3. The van der Waals surface area contributed by atoms with Crippen LogP contribution in [0.1, 0.15) is 19.4 Å². The number of pyridine rings is 1. The van der Waals surface area contributed by atoms with Gasteiger partial charge in [-0.25, -0.2) is 0 Å². The smallest absolute Gasteiger partial charge is 0.215 e. The molecule has 5 rings (SSSR count). The van der Waals surface area contributed by atoms with Crippen LogP contribution in [-0.4, -0.2) is 4.57 Å². The lowest BCUT2D eigenvalue weighted by Crippen LogP contribution is -2.31. The van der Waals surface area contributed by atoms with Gasteiger partial charge < -0.3 is 4.57 Å². The molecule has 0 bridgehead atoms. The fourth-order valence-electron chi connectivity index (χ4n) is 4.18. The van der Waals surface area contributed by atoms with Crippen LogP contribution in [-0.2, 0) is 13.1 Å². The number of nitrogens with zero attached hydrogens (tertiary/aromatic N) is 2. The molecule has 0 fully saturated rings. The Labute approximate surface area is 142 Å². The highest BCUT2D eigenvalue weighted by atomic mass is 15.0. The van der Waals surface area contributed by atoms with Crippen molar-refractivity contribution in [1.29, 1.82) is 0 Å². The third-order valence-corrected chi connectivity index (χ3v) is 5.10. The van der Waals surface area contributed by atoms with Crippen molar-refractivity contribution in [2.45, 2.75) is 26.9 Å². The molecular formula is C22H21N2+. The van der Waals surface area contributed by atoms with E-state index in [1.165, 1.54) is 38.6 Å². The fraction of sp³-hybridized carbons (Fsp3) is 0.227. The molecule has 0 N–H and O–H groups in total. The summed E-state index contributed by atoms with van der Waals surface area (Å²) in [6.07, 6.45) is 2.19. The van der Waals surface area contributed by atoms with Gasteiger partial charge in [0.05, 0.1) is 11.1 Å². The van der Waals surface area contributed by atoms with Gasteiger partial charge in [0, 0.05) is 40.5 Å². The summed E-state index contributed by atoms with van der Waals surface area (Å²) >= 11 is 0. The Kier molecular flexibility index (Phi) is 2.84. The summed E-state index contributed by atoms with van der Waals surface area (Å²) < 4.78 is 4.90. The fourth-order valence-corrected chi connectivity index (χ4v) is 4.18. The van der Waals surface area contributed by atoms with E-state index >= 15 is 0 Å². The predicted molar refractivity (Wildman–Crippen MR) is 99.0 cm³/mol. The number of benzene rings is 2. The monoisotopic (exact) mass is 313 g/mol. The molecule has 0 unspecified atom stereocenters. The lowest BCUT2D eigenvalue weighted by atomic mass is 10.0. The zero-order valence-corrected chi connectivity index (χ0v) is 14.2. The number of fused-ring (bicyclic) bond motifs is 7. The minimum absolute atomic E-state index is 0.615. The topological polar surface area (TPSA) is 8.81 Å². The average molecular weight is 313 g/mol. The average Bonchev–Trinajstić information content (AvgIpc) is 3.11. The van der Waals surface area contributed by atoms with Crippen molar-refractivity contribution in [1.82, 2.24) is 4.57 Å². The lowest BCUT2D eigenvalue weighted by Gasteiger charge is -2.11. The third kappa shape index (κ3) is 1.80. The molecule has 1 aliphatic rings. The van der Waals surface area contributed by atoms with Crippen molar-refractivity contribution in [3.05, 3.63) is 66.4 Å². The predicted octanol–water partition coefficient (Wildman–Crippen LogP) is 4.77. The van der Waals surface area contributed by atoms with Gasteiger partial charge in [-0.1, -0.05) is 44.2 Å². The van der Waals surface area contributed by atoms with Crippen molar-refractivity contribution in [2.24, 2.45) is 5.92 Å². The molecule has 2 nitrogen and oxygen atoms in total. The quantitative estimate of drug-likeness (QED) is 0.415. The summed E-state index contributed by atoms with van der Waals surface area (Å²) in [7, 11) is 0. The molecule has 0 radical (unpaired) electrons. The van der Waals surface area contributed by atoms with E-state index < -0.39 is 0 Å². The summed E-state index contributed by atoms with van der Waals surface area (Å²) in [5.74, 6) is 0.615. The zero-order valence-electron chi connectivity index (χ0n) is 14.2. The molecule has 0 saturated heterocycles. The second-order valence-corrected chi connectivity index (χ2v) is 7.23. The highest BCUT2D eigenvalue weighted by molar-refractivity contribution is 6.13. The molecule has 0 atom stereocenters. The van der Waals surface area contributed by atoms with Crippen LogP contribution in [0.15, 0.2) is 60.8 Å². The highest BCUT2D eigenvalue weighted by Crippen LogP contribution is 2.39. The molecule has 24 heavy (non-hydrogen) atoms. The van der Waals surface area contributed by atoms with E-state index in [0.717, 1.165) is 13.1 Å². The van der Waals surface area contributed by atoms with Crippen molar-refractivity contribution in [3.63, 3.8) is 0 Å². The second kappa shape index (κ2) is 4.94. The molecule has 2 aromatic heterocycles. The second-order valence-electron chi connectivity index (χ2n) is 7.23. The maximum atomic E-state index is 2.54. The summed E-state index contributed by atoms with van der Waals surface area (Å²) in [5, 5.41) is 2.74. The highest BCUT2D eigenvalue weighted by Gasteiger charge is 2.29. The van der Waals surface area contributed by atoms with Gasteiger partial charge in [-0.05, 0) is 18.1 Å². The van der Waals surface area contributed by atoms with Crippen LogP contribution in [0.25, 0.3) is 33.1 Å². The van der Waals surface area contributed by atoms with E-state index in [4.69, 9.17) is 0 Å². The van der Waals surface area contributed by atoms with Gasteiger partial charge in [0.2, 0.25) is 5.69 Å². The van der Waals surface area contributed by atoms with Crippen LogP contribution in [0.4, 0.5) is 0 Å². The largest absolute Gasteiger partial charge is 0.340 e. The number of hydrogen-bond donors (Lipinski definition) is 0. The number of para-hydroxylation sites is 1. The van der Waals surface area contributed by atoms with E-state index in [9.17, 15) is 0 Å². The molecule has 0 aliphatic carbocycles. The van der Waals surface area contributed by atoms with Crippen LogP contribution < -0.4 is 4.57 Å². The molecule has 2 heteroatoms. The molecule has 0 spiro atoms. The van der Waals surface area contributed by atoms with E-state index in [1.54, 1.807) is 0 Å². The lowest BCUT2D eigenvalue weighted by molar-refractivity contribution is -0.672. The van der Waals surface area contributed by atoms with Gasteiger partial charge in [-0.2, -0.15) is 4.57 Å². The minimum Gasteiger partial charge on any atom is -0.340 e. The Hall–Kier alpha value is -2.61. The van der Waals surface area contributed by atoms with Crippen molar-refractivity contribution in [3.8, 4) is 11.3 Å². The van der Waals surface area contributed by atoms with E-state index in [-0.39, 0.29) is 0 Å². The Morgan fingerprint density at radius 1 is 0.958 bits per heavy atom. The van der Waals surface area contributed by atoms with Crippen LogP contribution in [0.3, 0.4) is 0 Å². The Morgan fingerprint density at radius 2 is 1.79 bits per heavy atom. The van der Waals surface area contributed by atoms with Gasteiger partial charge in [0.1, 0.15) is 0 Å². The van der Waals surface area contributed by atoms with Crippen LogP contribution in [0.5, 0.6) is 0 Å². The number of hydrogen-bond acceptors (Lipinski definition) is 0. The van der Waals surface area contributed by atoms with Crippen molar-refractivity contribution >= 4 is 21.8 Å². The van der Waals surface area contributed by atoms with E-state index in [0.29, 0.717) is 5.92 Å². The summed E-state index contributed by atoms with van der Waals surface area (Å²) in [4.78, 5) is 0. The molecule has 2 aromatic carbocycles. The minimum atomic E-state index is 0.615. The van der Waals surface area contributed by atoms with E-state index in [1.807, 2.05) is 0 Å². The Balaban J connectivity index is 1.96. The van der Waals surface area contributed by atoms with Gasteiger partial charge >= 0.3 is 0 Å². The van der Waals surface area contributed by atoms with Gasteiger partial charge in [0.25, 0.3) is 0 Å².